The summed E-state index contributed by atoms with van der Waals surface area (Å²) in [6.45, 7) is 13.5. The van der Waals surface area contributed by atoms with Crippen LogP contribution in [0, 0.1) is 11.8 Å². The second-order valence-corrected chi connectivity index (χ2v) is 12.4. The number of nitrogens with zero attached hydrogens (tertiary/aromatic N) is 3. The maximum Gasteiger partial charge on any atom is 0.313 e. The van der Waals surface area contributed by atoms with E-state index in [1.165, 1.54) is 4.90 Å². The zero-order chi connectivity index (χ0) is 32.2. The van der Waals surface area contributed by atoms with Crippen LogP contribution in [0.25, 0.3) is 0 Å². The highest BCUT2D eigenvalue weighted by molar-refractivity contribution is 5.98. The van der Waals surface area contributed by atoms with Crippen LogP contribution in [-0.4, -0.2) is 100 Å². The molecule has 240 valence electrons. The Kier molecular flexibility index (Phi) is 10.7. The molecule has 2 bridgehead atoms. The fraction of sp³-hybridized carbons (Fsp3) is 0.588. The Balaban J connectivity index is 1.67. The van der Waals surface area contributed by atoms with Crippen molar-refractivity contribution < 1.29 is 33.8 Å². The topological polar surface area (TPSA) is 117 Å². The van der Waals surface area contributed by atoms with Gasteiger partial charge in [0.05, 0.1) is 24.0 Å². The van der Waals surface area contributed by atoms with Gasteiger partial charge in [0.1, 0.15) is 17.7 Å². The van der Waals surface area contributed by atoms with Crippen LogP contribution in [0.2, 0.25) is 0 Å². The van der Waals surface area contributed by atoms with Crippen LogP contribution in [0.3, 0.4) is 0 Å². The largest absolute Gasteiger partial charge is 0.455 e. The Bertz CT molecular complexity index is 1240. The standard InChI is InChI=1S/C34H47N3O7/c1-7-9-16-26(39)35(6)23(5)29(24-14-11-10-12-15-24)43-33(42)27-25-17-18-34(44-25)28(27)31(40)37(20-13-21-38)30(34)32(41)36(19-8-2)22(3)4/h7-8,10-12,14-15,22-23,25,27-30,38H,1-2,9,13,16-21H2,3-6H3/t23-,25-,27+,28+,29+,30-,34+/m1/s1. The lowest BCUT2D eigenvalue weighted by atomic mass is 9.70. The van der Waals surface area contributed by atoms with E-state index in [1.54, 1.807) is 29.0 Å². The average Bonchev–Trinajstić information content (AvgIpc) is 3.66. The summed E-state index contributed by atoms with van der Waals surface area (Å²) < 4.78 is 12.8. The van der Waals surface area contributed by atoms with Gasteiger partial charge in [-0.15, -0.1) is 13.2 Å². The Morgan fingerprint density at radius 3 is 2.50 bits per heavy atom. The number of amides is 3. The van der Waals surface area contributed by atoms with E-state index in [4.69, 9.17) is 9.47 Å². The number of esters is 1. The summed E-state index contributed by atoms with van der Waals surface area (Å²) in [5.74, 6) is -3.05. The third-order valence-electron chi connectivity index (χ3n) is 9.47. The molecule has 0 aliphatic carbocycles. The summed E-state index contributed by atoms with van der Waals surface area (Å²) in [7, 11) is 1.69. The fourth-order valence-electron chi connectivity index (χ4n) is 7.16. The minimum atomic E-state index is -1.17. The third-order valence-corrected chi connectivity index (χ3v) is 9.47. The second kappa shape index (κ2) is 14.1. The normalized spacial score (nSPS) is 26.7. The molecular weight excluding hydrogens is 562 g/mol. The van der Waals surface area contributed by atoms with Gasteiger partial charge in [0.2, 0.25) is 17.7 Å². The highest BCUT2D eigenvalue weighted by Crippen LogP contribution is 2.59. The van der Waals surface area contributed by atoms with Crippen molar-refractivity contribution in [2.75, 3.05) is 26.7 Å². The molecule has 4 rings (SSSR count). The smallest absolute Gasteiger partial charge is 0.313 e. The van der Waals surface area contributed by atoms with Crippen molar-refractivity contribution in [3.63, 3.8) is 0 Å². The Hall–Kier alpha value is -3.50. The van der Waals surface area contributed by atoms with Crippen LogP contribution in [0.15, 0.2) is 55.6 Å². The van der Waals surface area contributed by atoms with E-state index in [0.29, 0.717) is 32.2 Å². The van der Waals surface area contributed by atoms with Crippen LogP contribution in [0.4, 0.5) is 0 Å². The van der Waals surface area contributed by atoms with Crippen LogP contribution >= 0.6 is 0 Å². The second-order valence-electron chi connectivity index (χ2n) is 12.4. The van der Waals surface area contributed by atoms with E-state index >= 15 is 0 Å². The molecule has 1 spiro atoms. The summed E-state index contributed by atoms with van der Waals surface area (Å²) in [5.41, 5.74) is -0.444. The Morgan fingerprint density at radius 1 is 1.18 bits per heavy atom. The summed E-state index contributed by atoms with van der Waals surface area (Å²) in [4.78, 5) is 60.1. The number of ether oxygens (including phenoxy) is 2. The molecule has 7 atom stereocenters. The third kappa shape index (κ3) is 6.06. The highest BCUT2D eigenvalue weighted by Gasteiger charge is 2.75. The zero-order valence-electron chi connectivity index (χ0n) is 26.4. The van der Waals surface area contributed by atoms with E-state index < -0.39 is 47.7 Å². The molecule has 0 saturated carbocycles. The number of likely N-dealkylation sites (N-methyl/N-ethyl adjacent to an activating group) is 1. The lowest BCUT2D eigenvalue weighted by molar-refractivity contribution is -0.164. The number of aliphatic hydroxyl groups is 1. The average molecular weight is 610 g/mol. The predicted molar refractivity (Wildman–Crippen MR) is 165 cm³/mol. The molecule has 10 heteroatoms. The number of benzene rings is 1. The molecule has 3 saturated heterocycles. The van der Waals surface area contributed by atoms with Gasteiger partial charge in [0.15, 0.2) is 0 Å². The molecule has 0 radical (unpaired) electrons. The van der Waals surface area contributed by atoms with Crippen LogP contribution in [-0.2, 0) is 28.7 Å². The van der Waals surface area contributed by atoms with Gasteiger partial charge in [0, 0.05) is 39.2 Å². The molecular formula is C34H47N3O7. The van der Waals surface area contributed by atoms with E-state index in [1.807, 2.05) is 51.1 Å². The van der Waals surface area contributed by atoms with E-state index in [2.05, 4.69) is 13.2 Å². The van der Waals surface area contributed by atoms with Gasteiger partial charge in [-0.05, 0) is 52.0 Å². The molecule has 3 aliphatic rings. The maximum atomic E-state index is 14.2. The van der Waals surface area contributed by atoms with E-state index in [9.17, 15) is 24.3 Å². The first-order valence-electron chi connectivity index (χ1n) is 15.7. The summed E-state index contributed by atoms with van der Waals surface area (Å²) in [6.07, 6.45) is 4.06. The van der Waals surface area contributed by atoms with Gasteiger partial charge < -0.3 is 29.3 Å². The van der Waals surface area contributed by atoms with Crippen LogP contribution in [0.5, 0.6) is 0 Å². The van der Waals surface area contributed by atoms with Gasteiger partial charge in [-0.3, -0.25) is 19.2 Å². The van der Waals surface area contributed by atoms with Gasteiger partial charge in [0.25, 0.3) is 0 Å². The van der Waals surface area contributed by atoms with E-state index in [-0.39, 0.29) is 43.3 Å². The minimum absolute atomic E-state index is 0.0994. The number of carbonyl (C=O) groups is 4. The molecule has 0 aromatic heterocycles. The monoisotopic (exact) mass is 609 g/mol. The van der Waals surface area contributed by atoms with Crippen LogP contribution < -0.4 is 0 Å². The number of fused-ring (bicyclic) bond motifs is 1. The van der Waals surface area contributed by atoms with E-state index in [0.717, 1.165) is 5.56 Å². The molecule has 1 aromatic carbocycles. The quantitative estimate of drug-likeness (QED) is 0.240. The lowest BCUT2D eigenvalue weighted by Gasteiger charge is -2.38. The van der Waals surface area contributed by atoms with Gasteiger partial charge in [-0.25, -0.2) is 0 Å². The predicted octanol–water partition coefficient (Wildman–Crippen LogP) is 3.26. The molecule has 3 amide bonds. The first kappa shape index (κ1) is 33.4. The molecule has 3 heterocycles. The first-order valence-corrected chi connectivity index (χ1v) is 15.7. The van der Waals surface area contributed by atoms with Crippen molar-refractivity contribution in [2.45, 2.75) is 88.8 Å². The summed E-state index contributed by atoms with van der Waals surface area (Å²) >= 11 is 0. The molecule has 44 heavy (non-hydrogen) atoms. The van der Waals surface area contributed by atoms with Crippen molar-refractivity contribution in [1.82, 2.24) is 14.7 Å². The number of aliphatic hydroxyl groups excluding tert-OH is 1. The van der Waals surface area contributed by atoms with Gasteiger partial charge in [-0.1, -0.05) is 42.5 Å². The molecule has 1 aromatic rings. The molecule has 3 aliphatic heterocycles. The number of likely N-dealkylation sites (tertiary alicyclic amines) is 1. The minimum Gasteiger partial charge on any atom is -0.455 e. The fourth-order valence-corrected chi connectivity index (χ4v) is 7.16. The number of allylic oxidation sites excluding steroid dienone is 1. The van der Waals surface area contributed by atoms with Crippen molar-refractivity contribution in [3.8, 4) is 0 Å². The molecule has 10 nitrogen and oxygen atoms in total. The zero-order valence-corrected chi connectivity index (χ0v) is 26.4. The summed E-state index contributed by atoms with van der Waals surface area (Å²) in [5, 5.41) is 9.60. The van der Waals surface area contributed by atoms with Crippen molar-refractivity contribution in [2.24, 2.45) is 11.8 Å². The van der Waals surface area contributed by atoms with Gasteiger partial charge >= 0.3 is 5.97 Å². The number of hydrogen-bond acceptors (Lipinski definition) is 7. The first-order chi connectivity index (χ1) is 21.0. The van der Waals surface area contributed by atoms with Crippen LogP contribution in [0.1, 0.15) is 64.5 Å². The Labute approximate surface area is 260 Å². The lowest BCUT2D eigenvalue weighted by Crippen LogP contribution is -2.57. The SMILES string of the molecule is C=CCCC(=O)N(C)[C@H](C)[C@H](OC(=O)[C@@H]1[C@H]2C(=O)N(CCCO)[C@H](C(=O)N(CC=C)C(C)C)[C@]23CC[C@H]1O3)c1ccccc1. The maximum absolute atomic E-state index is 14.2. The van der Waals surface area contributed by atoms with Gasteiger partial charge in [-0.2, -0.15) is 0 Å². The number of carbonyl (C=O) groups excluding carboxylic acids is 4. The molecule has 0 unspecified atom stereocenters. The van der Waals surface area contributed by atoms with Crippen molar-refractivity contribution >= 4 is 23.7 Å². The molecule has 3 fully saturated rings. The van der Waals surface area contributed by atoms with Crippen molar-refractivity contribution in [1.29, 1.82) is 0 Å². The summed E-state index contributed by atoms with van der Waals surface area (Å²) in [6, 6.07) is 7.68. The molecule has 1 N–H and O–H groups in total. The number of rotatable bonds is 15. The number of hydrogen-bond donors (Lipinski definition) is 1. The highest BCUT2D eigenvalue weighted by atomic mass is 16.6. The van der Waals surface area contributed by atoms with Crippen molar-refractivity contribution in [3.05, 3.63) is 61.2 Å². The Morgan fingerprint density at radius 2 is 1.89 bits per heavy atom.